The number of benzene rings is 1. The van der Waals surface area contributed by atoms with Gasteiger partial charge < -0.3 is 29.5 Å². The highest BCUT2D eigenvalue weighted by molar-refractivity contribution is 6.02. The average Bonchev–Trinajstić information content (AvgIpc) is 2.89. The molecule has 1 saturated heterocycles. The fraction of sp³-hybridized carbons (Fsp3) is 0.500. The van der Waals surface area contributed by atoms with Crippen molar-refractivity contribution in [1.29, 1.82) is 0 Å². The Morgan fingerprint density at radius 1 is 1.11 bits per heavy atom. The third-order valence-corrected chi connectivity index (χ3v) is 7.03. The van der Waals surface area contributed by atoms with Crippen LogP contribution in [0.3, 0.4) is 0 Å². The number of nitrogens with zero attached hydrogens (tertiary/aromatic N) is 4. The van der Waals surface area contributed by atoms with Gasteiger partial charge in [-0.15, -0.1) is 0 Å². The number of piperazine rings is 1. The van der Waals surface area contributed by atoms with Gasteiger partial charge in [-0.2, -0.15) is 0 Å². The van der Waals surface area contributed by atoms with Crippen molar-refractivity contribution in [2.45, 2.75) is 18.4 Å². The van der Waals surface area contributed by atoms with Gasteiger partial charge in [0.2, 0.25) is 5.91 Å². The Hall–Kier alpha value is -3.17. The number of fused-ring (bicyclic) bond motifs is 1. The molecule has 1 aromatic heterocycles. The molecule has 0 bridgehead atoms. The summed E-state index contributed by atoms with van der Waals surface area (Å²) in [4.78, 5) is 37.7. The molecular weight excluding hydrogens is 446 g/mol. The SMILES string of the molecule is COc1cc2c(cc1OC)C(C(=O)NCCCN1CCN(C)CC1)C(c1cccnc1)N(C)C2=O. The lowest BCUT2D eigenvalue weighted by atomic mass is 9.79. The first-order chi connectivity index (χ1) is 16.9. The lowest BCUT2D eigenvalue weighted by molar-refractivity contribution is -0.124. The summed E-state index contributed by atoms with van der Waals surface area (Å²) >= 11 is 0. The summed E-state index contributed by atoms with van der Waals surface area (Å²) in [6.07, 6.45) is 4.27. The van der Waals surface area contributed by atoms with E-state index in [0.717, 1.165) is 44.7 Å². The fourth-order valence-corrected chi connectivity index (χ4v) is 4.99. The second-order valence-corrected chi connectivity index (χ2v) is 9.21. The summed E-state index contributed by atoms with van der Waals surface area (Å²) in [6, 6.07) is 6.67. The first-order valence-electron chi connectivity index (χ1n) is 12.1. The quantitative estimate of drug-likeness (QED) is 0.575. The molecule has 35 heavy (non-hydrogen) atoms. The molecule has 3 heterocycles. The van der Waals surface area contributed by atoms with Crippen molar-refractivity contribution in [1.82, 2.24) is 25.0 Å². The smallest absolute Gasteiger partial charge is 0.254 e. The maximum absolute atomic E-state index is 13.7. The van der Waals surface area contributed by atoms with Crippen molar-refractivity contribution in [2.75, 3.05) is 67.6 Å². The van der Waals surface area contributed by atoms with Crippen LogP contribution in [0.4, 0.5) is 0 Å². The van der Waals surface area contributed by atoms with Gasteiger partial charge in [-0.05, 0) is 49.3 Å². The van der Waals surface area contributed by atoms with Crippen LogP contribution in [0.2, 0.25) is 0 Å². The van der Waals surface area contributed by atoms with Gasteiger partial charge in [0.05, 0.1) is 26.2 Å². The number of rotatable bonds is 8. The van der Waals surface area contributed by atoms with Crippen LogP contribution < -0.4 is 14.8 Å². The van der Waals surface area contributed by atoms with Gasteiger partial charge in [0.1, 0.15) is 0 Å². The minimum Gasteiger partial charge on any atom is -0.493 e. The van der Waals surface area contributed by atoms with Gasteiger partial charge >= 0.3 is 0 Å². The van der Waals surface area contributed by atoms with Crippen LogP contribution in [0.25, 0.3) is 0 Å². The second-order valence-electron chi connectivity index (χ2n) is 9.21. The molecule has 4 rings (SSSR count). The lowest BCUT2D eigenvalue weighted by Crippen LogP contribution is -2.47. The van der Waals surface area contributed by atoms with Gasteiger partial charge in [-0.3, -0.25) is 14.6 Å². The number of pyridine rings is 1. The number of ether oxygens (including phenoxy) is 2. The fourth-order valence-electron chi connectivity index (χ4n) is 4.99. The monoisotopic (exact) mass is 481 g/mol. The van der Waals surface area contributed by atoms with Crippen LogP contribution in [-0.2, 0) is 4.79 Å². The molecule has 0 saturated carbocycles. The number of methoxy groups -OCH3 is 2. The number of carbonyl (C=O) groups is 2. The number of likely N-dealkylation sites (N-methyl/N-ethyl adjacent to an activating group) is 2. The summed E-state index contributed by atoms with van der Waals surface area (Å²) in [7, 11) is 6.95. The summed E-state index contributed by atoms with van der Waals surface area (Å²) < 4.78 is 10.9. The van der Waals surface area contributed by atoms with Crippen LogP contribution in [0, 0.1) is 0 Å². The Morgan fingerprint density at radius 3 is 2.49 bits per heavy atom. The van der Waals surface area contributed by atoms with Gasteiger partial charge in [-0.1, -0.05) is 6.07 Å². The van der Waals surface area contributed by atoms with Crippen LogP contribution in [0.1, 0.15) is 39.9 Å². The van der Waals surface area contributed by atoms with Gasteiger partial charge in [0.25, 0.3) is 5.91 Å². The molecule has 188 valence electrons. The van der Waals surface area contributed by atoms with Gasteiger partial charge in [0, 0.05) is 57.7 Å². The first-order valence-corrected chi connectivity index (χ1v) is 12.1. The molecule has 2 amide bonds. The zero-order chi connectivity index (χ0) is 24.9. The zero-order valence-corrected chi connectivity index (χ0v) is 21.0. The van der Waals surface area contributed by atoms with E-state index in [1.54, 1.807) is 43.6 Å². The third kappa shape index (κ3) is 5.26. The molecule has 2 atom stereocenters. The first kappa shape index (κ1) is 24.9. The predicted molar refractivity (Wildman–Crippen MR) is 133 cm³/mol. The molecule has 2 aliphatic rings. The highest BCUT2D eigenvalue weighted by atomic mass is 16.5. The molecule has 2 aliphatic heterocycles. The topological polar surface area (TPSA) is 87.2 Å². The van der Waals surface area contributed by atoms with Crippen molar-refractivity contribution in [3.05, 3.63) is 53.3 Å². The molecular formula is C26H35N5O4. The zero-order valence-electron chi connectivity index (χ0n) is 21.0. The molecule has 0 aliphatic carbocycles. The average molecular weight is 482 g/mol. The van der Waals surface area contributed by atoms with E-state index in [9.17, 15) is 9.59 Å². The van der Waals surface area contributed by atoms with Crippen LogP contribution >= 0.6 is 0 Å². The molecule has 1 aromatic carbocycles. The number of amides is 2. The second kappa shape index (κ2) is 11.0. The van der Waals surface area contributed by atoms with E-state index in [2.05, 4.69) is 27.1 Å². The van der Waals surface area contributed by atoms with Crippen molar-refractivity contribution in [2.24, 2.45) is 0 Å². The van der Waals surface area contributed by atoms with E-state index in [1.807, 2.05) is 12.1 Å². The minimum atomic E-state index is -0.611. The third-order valence-electron chi connectivity index (χ3n) is 7.03. The number of carbonyl (C=O) groups excluding carboxylic acids is 2. The summed E-state index contributed by atoms with van der Waals surface area (Å²) in [5.74, 6) is 0.0416. The Labute approximate surface area is 207 Å². The molecule has 1 fully saturated rings. The number of hydrogen-bond acceptors (Lipinski definition) is 7. The summed E-state index contributed by atoms with van der Waals surface area (Å²) in [5.41, 5.74) is 1.89. The molecule has 0 radical (unpaired) electrons. The van der Waals surface area contributed by atoms with E-state index >= 15 is 0 Å². The largest absolute Gasteiger partial charge is 0.493 e. The molecule has 2 aromatic rings. The number of aromatic nitrogens is 1. The molecule has 9 heteroatoms. The lowest BCUT2D eigenvalue weighted by Gasteiger charge is -2.40. The van der Waals surface area contributed by atoms with Crippen LogP contribution in [0.15, 0.2) is 36.7 Å². The summed E-state index contributed by atoms with van der Waals surface area (Å²) in [6.45, 7) is 5.77. The highest BCUT2D eigenvalue weighted by Crippen LogP contribution is 2.45. The normalized spacial score (nSPS) is 20.9. The van der Waals surface area contributed by atoms with E-state index in [0.29, 0.717) is 29.2 Å². The Kier molecular flexibility index (Phi) is 7.87. The van der Waals surface area contributed by atoms with Crippen molar-refractivity contribution < 1.29 is 19.1 Å². The number of nitrogens with one attached hydrogen (secondary N) is 1. The van der Waals surface area contributed by atoms with E-state index in [4.69, 9.17) is 9.47 Å². The maximum Gasteiger partial charge on any atom is 0.254 e. The Bertz CT molecular complexity index is 1040. The van der Waals surface area contributed by atoms with Crippen molar-refractivity contribution in [3.8, 4) is 11.5 Å². The van der Waals surface area contributed by atoms with Crippen molar-refractivity contribution in [3.63, 3.8) is 0 Å². The van der Waals surface area contributed by atoms with E-state index < -0.39 is 12.0 Å². The van der Waals surface area contributed by atoms with Crippen molar-refractivity contribution >= 4 is 11.8 Å². The van der Waals surface area contributed by atoms with E-state index in [-0.39, 0.29) is 11.8 Å². The van der Waals surface area contributed by atoms with Gasteiger partial charge in [0.15, 0.2) is 11.5 Å². The summed E-state index contributed by atoms with van der Waals surface area (Å²) in [5, 5.41) is 3.14. The molecule has 9 nitrogen and oxygen atoms in total. The van der Waals surface area contributed by atoms with Gasteiger partial charge in [-0.25, -0.2) is 0 Å². The molecule has 2 unspecified atom stereocenters. The van der Waals surface area contributed by atoms with E-state index in [1.165, 1.54) is 7.11 Å². The maximum atomic E-state index is 13.7. The Balaban J connectivity index is 1.59. The minimum absolute atomic E-state index is 0.120. The van der Waals surface area contributed by atoms with Crippen LogP contribution in [-0.4, -0.2) is 99.1 Å². The molecule has 0 spiro atoms. The van der Waals surface area contributed by atoms with Crippen LogP contribution in [0.5, 0.6) is 11.5 Å². The number of hydrogen-bond donors (Lipinski definition) is 1. The molecule has 1 N–H and O–H groups in total. The standard InChI is InChI=1S/C26H35N5O4/c1-29-11-13-31(14-12-29)10-6-9-28-25(32)23-19-15-21(34-3)22(35-4)16-20(19)26(33)30(2)24(23)18-7-5-8-27-17-18/h5,7-8,15-17,23-24H,6,9-14H2,1-4H3,(H,28,32). The Morgan fingerprint density at radius 2 is 1.83 bits per heavy atom. The highest BCUT2D eigenvalue weighted by Gasteiger charge is 2.43. The predicted octanol–water partition coefficient (Wildman–Crippen LogP) is 1.76.